The van der Waals surface area contributed by atoms with Gasteiger partial charge in [0.2, 0.25) is 0 Å². The summed E-state index contributed by atoms with van der Waals surface area (Å²) in [5.74, 6) is -1.10. The van der Waals surface area contributed by atoms with E-state index in [4.69, 9.17) is 4.74 Å². The van der Waals surface area contributed by atoms with Crippen LogP contribution in [0.4, 0.5) is 5.69 Å². The zero-order valence-corrected chi connectivity index (χ0v) is 16.7. The number of nitrogens with zero attached hydrogens (tertiary/aromatic N) is 1. The molecule has 28 heavy (non-hydrogen) atoms. The third-order valence-electron chi connectivity index (χ3n) is 4.67. The molecule has 146 valence electrons. The lowest BCUT2D eigenvalue weighted by molar-refractivity contribution is -0.121. The second kappa shape index (κ2) is 7.50. The minimum atomic E-state index is -0.713. The number of rotatable bonds is 5. The van der Waals surface area contributed by atoms with E-state index in [1.165, 1.54) is 0 Å². The normalized spacial score (nSPS) is 14.8. The van der Waals surface area contributed by atoms with Crippen molar-refractivity contribution in [2.24, 2.45) is 0 Å². The van der Waals surface area contributed by atoms with Crippen molar-refractivity contribution < 1.29 is 19.4 Å². The Bertz CT molecular complexity index is 919. The van der Waals surface area contributed by atoms with Gasteiger partial charge < -0.3 is 9.84 Å². The van der Waals surface area contributed by atoms with Gasteiger partial charge in [-0.25, -0.2) is 4.90 Å². The molecule has 3 rings (SSSR count). The van der Waals surface area contributed by atoms with E-state index >= 15 is 0 Å². The highest BCUT2D eigenvalue weighted by atomic mass is 16.5. The average Bonchev–Trinajstić information content (AvgIpc) is 2.89. The fraction of sp³-hybridized carbons (Fsp3) is 0.304. The molecule has 0 aliphatic carbocycles. The summed E-state index contributed by atoms with van der Waals surface area (Å²) in [7, 11) is 0. The Labute approximate surface area is 165 Å². The Morgan fingerprint density at radius 3 is 2.07 bits per heavy atom. The molecule has 0 bridgehead atoms. The monoisotopic (exact) mass is 379 g/mol. The van der Waals surface area contributed by atoms with Gasteiger partial charge in [-0.15, -0.1) is 0 Å². The lowest BCUT2D eigenvalue weighted by Gasteiger charge is -2.21. The third kappa shape index (κ3) is 3.65. The Kier molecular flexibility index (Phi) is 5.27. The summed E-state index contributed by atoms with van der Waals surface area (Å²) in [6.45, 7) is 8.89. The van der Waals surface area contributed by atoms with Gasteiger partial charge in [-0.3, -0.25) is 9.59 Å². The van der Waals surface area contributed by atoms with Gasteiger partial charge in [-0.2, -0.15) is 0 Å². The first-order valence-corrected chi connectivity index (χ1v) is 9.40. The number of ether oxygens (including phenoxy) is 1. The maximum Gasteiger partial charge on any atom is 0.301 e. The number of carbonyl (C=O) groups is 2. The highest BCUT2D eigenvalue weighted by Crippen LogP contribution is 2.33. The lowest BCUT2D eigenvalue weighted by atomic mass is 9.87. The summed E-state index contributed by atoms with van der Waals surface area (Å²) < 4.78 is 5.54. The number of imide groups is 1. The molecule has 0 radical (unpaired) electrons. The zero-order chi connectivity index (χ0) is 20.5. The molecule has 0 fully saturated rings. The van der Waals surface area contributed by atoms with Crippen LogP contribution in [0.3, 0.4) is 0 Å². The van der Waals surface area contributed by atoms with Crippen molar-refractivity contribution in [3.63, 3.8) is 0 Å². The molecule has 2 aromatic rings. The number of anilines is 1. The van der Waals surface area contributed by atoms with Gasteiger partial charge in [0, 0.05) is 0 Å². The zero-order valence-electron chi connectivity index (χ0n) is 16.7. The Morgan fingerprint density at radius 1 is 0.929 bits per heavy atom. The van der Waals surface area contributed by atoms with Gasteiger partial charge in [-0.1, -0.05) is 52.0 Å². The SMILES string of the molecule is CCCOc1ccc(C2=C(O)C(=O)N(c3ccc(C(C)(C)C)cc3)C2=O)cc1. The molecule has 0 saturated carbocycles. The third-order valence-corrected chi connectivity index (χ3v) is 4.67. The van der Waals surface area contributed by atoms with Crippen LogP contribution in [0.1, 0.15) is 45.2 Å². The highest BCUT2D eigenvalue weighted by molar-refractivity contribution is 6.44. The van der Waals surface area contributed by atoms with Gasteiger partial charge in [0.25, 0.3) is 5.91 Å². The molecule has 1 N–H and O–H groups in total. The van der Waals surface area contributed by atoms with Crippen molar-refractivity contribution >= 4 is 23.1 Å². The number of benzene rings is 2. The maximum absolute atomic E-state index is 12.9. The van der Waals surface area contributed by atoms with Crippen LogP contribution in [-0.2, 0) is 15.0 Å². The first kappa shape index (κ1) is 19.7. The summed E-state index contributed by atoms with van der Waals surface area (Å²) in [6, 6.07) is 14.0. The van der Waals surface area contributed by atoms with Gasteiger partial charge in [0.05, 0.1) is 17.9 Å². The summed E-state index contributed by atoms with van der Waals surface area (Å²) in [4.78, 5) is 26.5. The molecule has 1 heterocycles. The molecule has 5 nitrogen and oxygen atoms in total. The molecule has 0 aromatic heterocycles. The van der Waals surface area contributed by atoms with Crippen LogP contribution < -0.4 is 9.64 Å². The molecule has 0 saturated heterocycles. The average molecular weight is 379 g/mol. The van der Waals surface area contributed by atoms with Crippen molar-refractivity contribution in [2.45, 2.75) is 39.5 Å². The fourth-order valence-electron chi connectivity index (χ4n) is 3.06. The Hall–Kier alpha value is -3.08. The predicted octanol–water partition coefficient (Wildman–Crippen LogP) is 4.62. The molecular formula is C23H25NO4. The van der Waals surface area contributed by atoms with Crippen LogP contribution in [-0.4, -0.2) is 23.5 Å². The molecule has 0 spiro atoms. The molecule has 0 unspecified atom stereocenters. The molecule has 5 heteroatoms. The quantitative estimate of drug-likeness (QED) is 0.770. The Balaban J connectivity index is 1.88. The van der Waals surface area contributed by atoms with E-state index in [2.05, 4.69) is 20.8 Å². The largest absolute Gasteiger partial charge is 0.502 e. The number of aliphatic hydroxyl groups is 1. The van der Waals surface area contributed by atoms with Crippen molar-refractivity contribution in [1.29, 1.82) is 0 Å². The van der Waals surface area contributed by atoms with E-state index in [1.807, 2.05) is 19.1 Å². The molecule has 0 atom stereocenters. The molecule has 1 aliphatic heterocycles. The van der Waals surface area contributed by atoms with Crippen LogP contribution in [0.15, 0.2) is 54.3 Å². The minimum Gasteiger partial charge on any atom is -0.502 e. The van der Waals surface area contributed by atoms with E-state index in [-0.39, 0.29) is 11.0 Å². The summed E-state index contributed by atoms with van der Waals surface area (Å²) in [6.07, 6.45) is 0.893. The van der Waals surface area contributed by atoms with Crippen molar-refractivity contribution in [1.82, 2.24) is 0 Å². The van der Waals surface area contributed by atoms with Gasteiger partial charge >= 0.3 is 5.91 Å². The lowest BCUT2D eigenvalue weighted by Crippen LogP contribution is -2.31. The minimum absolute atomic E-state index is 0.00643. The van der Waals surface area contributed by atoms with Crippen molar-refractivity contribution in [3.05, 3.63) is 65.4 Å². The summed E-state index contributed by atoms with van der Waals surface area (Å²) >= 11 is 0. The number of carbonyl (C=O) groups excluding carboxylic acids is 2. The van der Waals surface area contributed by atoms with E-state index < -0.39 is 17.6 Å². The number of hydrogen-bond acceptors (Lipinski definition) is 4. The van der Waals surface area contributed by atoms with Gasteiger partial charge in [0.1, 0.15) is 5.75 Å². The predicted molar refractivity (Wildman–Crippen MR) is 109 cm³/mol. The van der Waals surface area contributed by atoms with Crippen molar-refractivity contribution in [3.8, 4) is 5.75 Å². The standard InChI is InChI=1S/C23H25NO4/c1-5-14-28-18-12-6-15(7-13-18)19-20(25)22(27)24(21(19)26)17-10-8-16(9-11-17)23(2,3)4/h6-13,25H,5,14H2,1-4H3. The van der Waals surface area contributed by atoms with E-state index in [9.17, 15) is 14.7 Å². The Morgan fingerprint density at radius 2 is 1.54 bits per heavy atom. The number of hydrogen-bond donors (Lipinski definition) is 1. The smallest absolute Gasteiger partial charge is 0.301 e. The van der Waals surface area contributed by atoms with Crippen LogP contribution in [0.2, 0.25) is 0 Å². The van der Waals surface area contributed by atoms with E-state index in [0.29, 0.717) is 23.6 Å². The van der Waals surface area contributed by atoms with E-state index in [0.717, 1.165) is 16.9 Å². The van der Waals surface area contributed by atoms with Crippen LogP contribution in [0.25, 0.3) is 5.57 Å². The number of amides is 2. The van der Waals surface area contributed by atoms with Crippen LogP contribution >= 0.6 is 0 Å². The van der Waals surface area contributed by atoms with Crippen LogP contribution in [0, 0.1) is 0 Å². The second-order valence-electron chi connectivity index (χ2n) is 7.84. The van der Waals surface area contributed by atoms with E-state index in [1.54, 1.807) is 36.4 Å². The first-order chi connectivity index (χ1) is 13.2. The maximum atomic E-state index is 12.9. The highest BCUT2D eigenvalue weighted by Gasteiger charge is 2.40. The molecular weight excluding hydrogens is 354 g/mol. The van der Waals surface area contributed by atoms with Crippen molar-refractivity contribution in [2.75, 3.05) is 11.5 Å². The summed E-state index contributed by atoms with van der Waals surface area (Å²) in [5, 5.41) is 10.3. The van der Waals surface area contributed by atoms with Gasteiger partial charge in [0.15, 0.2) is 5.76 Å². The molecule has 2 amide bonds. The topological polar surface area (TPSA) is 66.8 Å². The van der Waals surface area contributed by atoms with Crippen LogP contribution in [0.5, 0.6) is 5.75 Å². The molecule has 1 aliphatic rings. The fourth-order valence-corrected chi connectivity index (χ4v) is 3.06. The molecule has 2 aromatic carbocycles. The number of aliphatic hydroxyl groups excluding tert-OH is 1. The summed E-state index contributed by atoms with van der Waals surface area (Å²) in [5.41, 5.74) is 1.98. The van der Waals surface area contributed by atoms with Gasteiger partial charge in [-0.05, 0) is 47.2 Å². The second-order valence-corrected chi connectivity index (χ2v) is 7.84. The first-order valence-electron chi connectivity index (χ1n) is 9.40.